The number of nitrogens with zero attached hydrogens (tertiary/aromatic N) is 1. The van der Waals surface area contributed by atoms with Gasteiger partial charge < -0.3 is 10.4 Å². The molecule has 0 aromatic rings. The predicted molar refractivity (Wildman–Crippen MR) is 69.3 cm³/mol. The maximum atomic E-state index is 11.8. The van der Waals surface area contributed by atoms with Gasteiger partial charge in [-0.1, -0.05) is 13.8 Å². The van der Waals surface area contributed by atoms with Crippen molar-refractivity contribution in [3.8, 4) is 0 Å². The number of nitrogens with one attached hydrogen (secondary N) is 1. The number of amides is 1. The number of carbonyl (C=O) groups excluding carboxylic acids is 1. The molecule has 5 nitrogen and oxygen atoms in total. The lowest BCUT2D eigenvalue weighted by molar-refractivity contribution is -0.143. The van der Waals surface area contributed by atoms with Crippen LogP contribution in [0, 0.1) is 5.92 Å². The van der Waals surface area contributed by atoms with Gasteiger partial charge in [-0.05, 0) is 38.8 Å². The molecule has 2 N–H and O–H groups in total. The molecule has 1 saturated heterocycles. The Morgan fingerprint density at radius 3 is 2.28 bits per heavy atom. The summed E-state index contributed by atoms with van der Waals surface area (Å²) in [5.41, 5.74) is 0. The Morgan fingerprint density at radius 1 is 1.28 bits per heavy atom. The van der Waals surface area contributed by atoms with Crippen molar-refractivity contribution in [3.63, 3.8) is 0 Å². The van der Waals surface area contributed by atoms with E-state index in [1.54, 1.807) is 0 Å². The van der Waals surface area contributed by atoms with E-state index in [1.807, 2.05) is 4.90 Å². The fraction of sp³-hybridized carbons (Fsp3) is 0.846. The van der Waals surface area contributed by atoms with Gasteiger partial charge in [-0.15, -0.1) is 0 Å². The minimum absolute atomic E-state index is 0.0532. The van der Waals surface area contributed by atoms with Gasteiger partial charge in [-0.3, -0.25) is 14.5 Å². The van der Waals surface area contributed by atoms with E-state index >= 15 is 0 Å². The van der Waals surface area contributed by atoms with Gasteiger partial charge in [0, 0.05) is 6.04 Å². The molecule has 1 aliphatic rings. The summed E-state index contributed by atoms with van der Waals surface area (Å²) < 4.78 is 0. The summed E-state index contributed by atoms with van der Waals surface area (Å²) in [6.45, 7) is 5.92. The number of carboxylic acid groups (broad SMARTS) is 1. The third-order valence-corrected chi connectivity index (χ3v) is 3.65. The van der Waals surface area contributed by atoms with Gasteiger partial charge in [0.15, 0.2) is 0 Å². The summed E-state index contributed by atoms with van der Waals surface area (Å²) in [5, 5.41) is 11.9. The highest BCUT2D eigenvalue weighted by Gasteiger charge is 2.25. The molecule has 0 aromatic heterocycles. The van der Waals surface area contributed by atoms with Gasteiger partial charge >= 0.3 is 5.97 Å². The molecule has 0 aromatic carbocycles. The highest BCUT2D eigenvalue weighted by molar-refractivity contribution is 5.78. The average Bonchev–Trinajstić information content (AvgIpc) is 2.36. The van der Waals surface area contributed by atoms with E-state index in [9.17, 15) is 9.59 Å². The lowest BCUT2D eigenvalue weighted by Gasteiger charge is -2.29. The summed E-state index contributed by atoms with van der Waals surface area (Å²) in [4.78, 5) is 24.6. The molecule has 0 unspecified atom stereocenters. The summed E-state index contributed by atoms with van der Waals surface area (Å²) in [5.74, 6) is -0.892. The topological polar surface area (TPSA) is 69.6 Å². The lowest BCUT2D eigenvalue weighted by Crippen LogP contribution is -2.45. The minimum Gasteiger partial charge on any atom is -0.481 e. The third-order valence-electron chi connectivity index (χ3n) is 3.65. The van der Waals surface area contributed by atoms with Crippen molar-refractivity contribution in [2.24, 2.45) is 5.92 Å². The van der Waals surface area contributed by atoms with Crippen LogP contribution in [0.3, 0.4) is 0 Å². The highest BCUT2D eigenvalue weighted by Crippen LogP contribution is 2.16. The van der Waals surface area contributed by atoms with Crippen molar-refractivity contribution in [1.29, 1.82) is 0 Å². The molecular formula is C13H24N2O3. The first-order valence-electron chi connectivity index (χ1n) is 6.81. The second-order valence-electron chi connectivity index (χ2n) is 4.97. The Bertz CT molecular complexity index is 282. The van der Waals surface area contributed by atoms with Crippen molar-refractivity contribution in [2.45, 2.75) is 45.6 Å². The molecule has 1 rings (SSSR count). The van der Waals surface area contributed by atoms with Crippen LogP contribution in [0.4, 0.5) is 0 Å². The van der Waals surface area contributed by atoms with Crippen LogP contribution in [-0.4, -0.2) is 47.6 Å². The van der Waals surface area contributed by atoms with Gasteiger partial charge in [0.1, 0.15) is 0 Å². The second kappa shape index (κ2) is 7.36. The molecule has 1 amide bonds. The summed E-state index contributed by atoms with van der Waals surface area (Å²) >= 11 is 0. The number of hydrogen-bond donors (Lipinski definition) is 2. The number of likely N-dealkylation sites (tertiary alicyclic amines) is 1. The van der Waals surface area contributed by atoms with Gasteiger partial charge in [-0.2, -0.15) is 0 Å². The van der Waals surface area contributed by atoms with Gasteiger partial charge in [0.25, 0.3) is 0 Å². The largest absolute Gasteiger partial charge is 0.481 e. The highest BCUT2D eigenvalue weighted by atomic mass is 16.4. The van der Waals surface area contributed by atoms with Gasteiger partial charge in [0.2, 0.25) is 5.91 Å². The van der Waals surface area contributed by atoms with Crippen LogP contribution in [-0.2, 0) is 9.59 Å². The van der Waals surface area contributed by atoms with Gasteiger partial charge in [0.05, 0.1) is 12.5 Å². The fourth-order valence-electron chi connectivity index (χ4n) is 2.31. The van der Waals surface area contributed by atoms with E-state index in [1.165, 1.54) is 0 Å². The third kappa shape index (κ3) is 4.64. The van der Waals surface area contributed by atoms with E-state index in [4.69, 9.17) is 5.11 Å². The Labute approximate surface area is 109 Å². The van der Waals surface area contributed by atoms with E-state index in [0.717, 1.165) is 12.8 Å². The van der Waals surface area contributed by atoms with Gasteiger partial charge in [-0.25, -0.2) is 0 Å². The Morgan fingerprint density at radius 2 is 1.83 bits per heavy atom. The summed E-state index contributed by atoms with van der Waals surface area (Å²) in [6, 6.07) is 0.258. The van der Waals surface area contributed by atoms with Crippen molar-refractivity contribution < 1.29 is 14.7 Å². The van der Waals surface area contributed by atoms with Crippen molar-refractivity contribution in [2.75, 3.05) is 19.6 Å². The maximum absolute atomic E-state index is 11.8. The lowest BCUT2D eigenvalue weighted by atomic mass is 9.97. The van der Waals surface area contributed by atoms with Crippen LogP contribution in [0.2, 0.25) is 0 Å². The summed E-state index contributed by atoms with van der Waals surface area (Å²) in [6.07, 6.45) is 3.19. The summed E-state index contributed by atoms with van der Waals surface area (Å²) in [7, 11) is 0. The zero-order valence-corrected chi connectivity index (χ0v) is 11.3. The molecule has 0 radical (unpaired) electrons. The zero-order chi connectivity index (χ0) is 13.5. The van der Waals surface area contributed by atoms with E-state index < -0.39 is 5.97 Å². The first-order chi connectivity index (χ1) is 8.56. The molecule has 1 fully saturated rings. The molecule has 1 heterocycles. The van der Waals surface area contributed by atoms with Crippen molar-refractivity contribution in [1.82, 2.24) is 10.2 Å². The normalized spacial score (nSPS) is 17.9. The SMILES string of the molecule is CCC(CC)NC(=O)CN1CCC(C(=O)O)CC1. The molecule has 0 spiro atoms. The van der Waals surface area contributed by atoms with Crippen molar-refractivity contribution >= 4 is 11.9 Å². The maximum Gasteiger partial charge on any atom is 0.306 e. The minimum atomic E-state index is -0.712. The standard InChI is InChI=1S/C13H24N2O3/c1-3-11(4-2)14-12(16)9-15-7-5-10(6-8-15)13(17)18/h10-11H,3-9H2,1-2H3,(H,14,16)(H,17,18). The van der Waals surface area contributed by atoms with Crippen molar-refractivity contribution in [3.05, 3.63) is 0 Å². The average molecular weight is 256 g/mol. The number of piperidine rings is 1. The molecule has 1 aliphatic heterocycles. The number of hydrogen-bond acceptors (Lipinski definition) is 3. The van der Waals surface area contributed by atoms with Crippen LogP contribution >= 0.6 is 0 Å². The smallest absolute Gasteiger partial charge is 0.306 e. The molecule has 5 heteroatoms. The quantitative estimate of drug-likeness (QED) is 0.746. The number of carboxylic acids is 1. The molecule has 0 aliphatic carbocycles. The monoisotopic (exact) mass is 256 g/mol. The van der Waals surface area contributed by atoms with E-state index in [2.05, 4.69) is 19.2 Å². The van der Waals surface area contributed by atoms with Crippen LogP contribution in [0.15, 0.2) is 0 Å². The van der Waals surface area contributed by atoms with Crippen LogP contribution < -0.4 is 5.32 Å². The van der Waals surface area contributed by atoms with Crippen LogP contribution in [0.1, 0.15) is 39.5 Å². The predicted octanol–water partition coefficient (Wildman–Crippen LogP) is 1.09. The molecular weight excluding hydrogens is 232 g/mol. The first-order valence-corrected chi connectivity index (χ1v) is 6.81. The van der Waals surface area contributed by atoms with E-state index in [0.29, 0.717) is 32.5 Å². The molecule has 104 valence electrons. The fourth-order valence-corrected chi connectivity index (χ4v) is 2.31. The Hall–Kier alpha value is -1.10. The second-order valence-corrected chi connectivity index (χ2v) is 4.97. The molecule has 0 atom stereocenters. The zero-order valence-electron chi connectivity index (χ0n) is 11.3. The molecule has 0 bridgehead atoms. The van der Waals surface area contributed by atoms with Crippen LogP contribution in [0.25, 0.3) is 0 Å². The Balaban J connectivity index is 2.28. The van der Waals surface area contributed by atoms with E-state index in [-0.39, 0.29) is 17.9 Å². The number of aliphatic carboxylic acids is 1. The molecule has 18 heavy (non-hydrogen) atoms. The molecule has 0 saturated carbocycles. The number of rotatable bonds is 6. The van der Waals surface area contributed by atoms with Crippen LogP contribution in [0.5, 0.6) is 0 Å². The Kier molecular flexibility index (Phi) is 6.12. The number of carbonyl (C=O) groups is 2. The first kappa shape index (κ1) is 15.0.